The fourth-order valence-corrected chi connectivity index (χ4v) is 3.29. The second-order valence-electron chi connectivity index (χ2n) is 6.13. The Hall–Kier alpha value is -1.79. The molecule has 1 saturated heterocycles. The Kier molecular flexibility index (Phi) is 5.03. The monoisotopic (exact) mass is 318 g/mol. The van der Waals surface area contributed by atoms with E-state index in [0.717, 1.165) is 55.6 Å². The van der Waals surface area contributed by atoms with Crippen molar-refractivity contribution in [3.05, 3.63) is 30.3 Å². The Bertz CT molecular complexity index is 658. The molecule has 0 amide bonds. The summed E-state index contributed by atoms with van der Waals surface area (Å²) in [6.07, 6.45) is 4.45. The van der Waals surface area contributed by atoms with E-state index in [1.165, 1.54) is 12.1 Å². The van der Waals surface area contributed by atoms with Crippen molar-refractivity contribution in [1.82, 2.24) is 14.9 Å². The summed E-state index contributed by atoms with van der Waals surface area (Å²) in [6.45, 7) is 2.96. The normalized spacial score (nSPS) is 16.4. The molecule has 2 aromatic rings. The summed E-state index contributed by atoms with van der Waals surface area (Å²) < 4.78 is 13.6. The zero-order chi connectivity index (χ0) is 16.2. The fraction of sp³-hybridized carbons (Fsp3) is 0.529. The molecule has 0 spiro atoms. The number of anilines is 1. The number of halogens is 1. The van der Waals surface area contributed by atoms with Crippen molar-refractivity contribution in [2.45, 2.75) is 25.3 Å². The van der Waals surface area contributed by atoms with Gasteiger partial charge in [0, 0.05) is 37.7 Å². The molecule has 1 aromatic heterocycles. The van der Waals surface area contributed by atoms with Crippen molar-refractivity contribution in [2.75, 3.05) is 38.2 Å². The maximum Gasteiger partial charge on any atom is 0.139 e. The van der Waals surface area contributed by atoms with Gasteiger partial charge in [-0.1, -0.05) is 0 Å². The van der Waals surface area contributed by atoms with Crippen LogP contribution in [0.4, 0.5) is 10.2 Å². The molecule has 0 bridgehead atoms. The van der Waals surface area contributed by atoms with E-state index in [1.807, 2.05) is 0 Å². The highest BCUT2D eigenvalue weighted by molar-refractivity contribution is 5.89. The fourth-order valence-electron chi connectivity index (χ4n) is 3.29. The van der Waals surface area contributed by atoms with Crippen LogP contribution in [0.1, 0.15) is 19.3 Å². The summed E-state index contributed by atoms with van der Waals surface area (Å²) >= 11 is 0. The zero-order valence-electron chi connectivity index (χ0n) is 13.5. The number of hydrogen-bond donors (Lipinski definition) is 1. The molecule has 23 heavy (non-hydrogen) atoms. The second-order valence-corrected chi connectivity index (χ2v) is 6.13. The first-order chi connectivity index (χ1) is 11.2. The van der Waals surface area contributed by atoms with Gasteiger partial charge in [-0.15, -0.1) is 0 Å². The lowest BCUT2D eigenvalue weighted by atomic mass is 10.0. The van der Waals surface area contributed by atoms with Crippen LogP contribution in [0.5, 0.6) is 0 Å². The van der Waals surface area contributed by atoms with E-state index in [0.29, 0.717) is 6.04 Å². The Morgan fingerprint density at radius 1 is 1.30 bits per heavy atom. The predicted octanol–water partition coefficient (Wildman–Crippen LogP) is 2.05. The summed E-state index contributed by atoms with van der Waals surface area (Å²) in [5.41, 5.74) is 0.776. The van der Waals surface area contributed by atoms with Gasteiger partial charge < -0.3 is 14.9 Å². The molecule has 0 unspecified atom stereocenters. The van der Waals surface area contributed by atoms with Crippen LogP contribution in [0.3, 0.4) is 0 Å². The van der Waals surface area contributed by atoms with E-state index in [1.54, 1.807) is 12.4 Å². The van der Waals surface area contributed by atoms with Crippen LogP contribution in [-0.4, -0.2) is 59.3 Å². The molecule has 0 radical (unpaired) electrons. The van der Waals surface area contributed by atoms with Gasteiger partial charge in [-0.3, -0.25) is 0 Å². The first-order valence-corrected chi connectivity index (χ1v) is 8.15. The molecule has 0 atom stereocenters. The van der Waals surface area contributed by atoms with Crippen LogP contribution < -0.4 is 4.90 Å². The van der Waals surface area contributed by atoms with Crippen molar-refractivity contribution in [3.63, 3.8) is 0 Å². The molecule has 3 rings (SSSR count). The van der Waals surface area contributed by atoms with Crippen molar-refractivity contribution >= 4 is 16.7 Å². The van der Waals surface area contributed by atoms with Gasteiger partial charge in [0.15, 0.2) is 0 Å². The summed E-state index contributed by atoms with van der Waals surface area (Å²) in [6, 6.07) is 5.18. The average Bonchev–Trinajstić information content (AvgIpc) is 2.59. The maximum absolute atomic E-state index is 13.6. The van der Waals surface area contributed by atoms with Crippen LogP contribution in [-0.2, 0) is 0 Å². The van der Waals surface area contributed by atoms with E-state index < -0.39 is 0 Å². The molecular formula is C17H23FN4O. The third-order valence-electron chi connectivity index (χ3n) is 4.63. The smallest absolute Gasteiger partial charge is 0.139 e. The first kappa shape index (κ1) is 16.1. The third-order valence-corrected chi connectivity index (χ3v) is 4.63. The zero-order valence-corrected chi connectivity index (χ0v) is 13.5. The predicted molar refractivity (Wildman–Crippen MR) is 89.1 cm³/mol. The molecule has 2 heterocycles. The standard InChI is InChI=1S/C17H23FN4O/c1-21(7-2-10-23)14-5-8-22(9-6-14)17-15-11-13(18)3-4-16(15)19-12-20-17/h3-4,11-12,14,23H,2,5-10H2,1H3. The van der Waals surface area contributed by atoms with Crippen LogP contribution in [0.25, 0.3) is 10.9 Å². The van der Waals surface area contributed by atoms with E-state index in [9.17, 15) is 4.39 Å². The van der Waals surface area contributed by atoms with E-state index in [4.69, 9.17) is 5.11 Å². The lowest BCUT2D eigenvalue weighted by Crippen LogP contribution is -2.44. The van der Waals surface area contributed by atoms with Gasteiger partial charge in [0.2, 0.25) is 0 Å². The highest BCUT2D eigenvalue weighted by Gasteiger charge is 2.24. The van der Waals surface area contributed by atoms with Crippen molar-refractivity contribution in [3.8, 4) is 0 Å². The van der Waals surface area contributed by atoms with Gasteiger partial charge in [-0.05, 0) is 44.5 Å². The quantitative estimate of drug-likeness (QED) is 0.914. The van der Waals surface area contributed by atoms with E-state index >= 15 is 0 Å². The van der Waals surface area contributed by atoms with E-state index in [2.05, 4.69) is 26.8 Å². The van der Waals surface area contributed by atoms with Crippen LogP contribution in [0, 0.1) is 5.82 Å². The number of aromatic nitrogens is 2. The lowest BCUT2D eigenvalue weighted by Gasteiger charge is -2.37. The first-order valence-electron chi connectivity index (χ1n) is 8.15. The van der Waals surface area contributed by atoms with Gasteiger partial charge in [0.1, 0.15) is 18.0 Å². The number of aliphatic hydroxyl groups excluding tert-OH is 1. The van der Waals surface area contributed by atoms with Crippen LogP contribution in [0.2, 0.25) is 0 Å². The number of fused-ring (bicyclic) bond motifs is 1. The van der Waals surface area contributed by atoms with Gasteiger partial charge in [0.25, 0.3) is 0 Å². The number of piperidine rings is 1. The molecule has 6 heteroatoms. The van der Waals surface area contributed by atoms with Crippen molar-refractivity contribution < 1.29 is 9.50 Å². The molecule has 1 N–H and O–H groups in total. The summed E-state index contributed by atoms with van der Waals surface area (Å²) in [5, 5.41) is 9.72. The van der Waals surface area contributed by atoms with Gasteiger partial charge >= 0.3 is 0 Å². The number of rotatable bonds is 5. The highest BCUT2D eigenvalue weighted by Crippen LogP contribution is 2.27. The minimum atomic E-state index is -0.257. The highest BCUT2D eigenvalue weighted by atomic mass is 19.1. The van der Waals surface area contributed by atoms with E-state index in [-0.39, 0.29) is 12.4 Å². The Morgan fingerprint density at radius 3 is 2.83 bits per heavy atom. The van der Waals surface area contributed by atoms with Crippen molar-refractivity contribution in [1.29, 1.82) is 0 Å². The SMILES string of the molecule is CN(CCCO)C1CCN(c2ncnc3ccc(F)cc23)CC1. The summed E-state index contributed by atoms with van der Waals surface area (Å²) in [5.74, 6) is 0.568. The number of aliphatic hydroxyl groups is 1. The number of nitrogens with zero attached hydrogens (tertiary/aromatic N) is 4. The third kappa shape index (κ3) is 3.59. The lowest BCUT2D eigenvalue weighted by molar-refractivity contribution is 0.184. The minimum Gasteiger partial charge on any atom is -0.396 e. The molecule has 0 saturated carbocycles. The number of benzene rings is 1. The van der Waals surface area contributed by atoms with Crippen LogP contribution >= 0.6 is 0 Å². The van der Waals surface area contributed by atoms with Crippen LogP contribution in [0.15, 0.2) is 24.5 Å². The summed E-state index contributed by atoms with van der Waals surface area (Å²) in [7, 11) is 2.12. The molecule has 1 fully saturated rings. The summed E-state index contributed by atoms with van der Waals surface area (Å²) in [4.78, 5) is 13.2. The van der Waals surface area contributed by atoms with Crippen molar-refractivity contribution in [2.24, 2.45) is 0 Å². The molecule has 5 nitrogen and oxygen atoms in total. The van der Waals surface area contributed by atoms with Gasteiger partial charge in [0.05, 0.1) is 5.52 Å². The Morgan fingerprint density at radius 2 is 2.09 bits per heavy atom. The average molecular weight is 318 g/mol. The molecule has 124 valence electrons. The van der Waals surface area contributed by atoms with Gasteiger partial charge in [-0.2, -0.15) is 0 Å². The number of hydrogen-bond acceptors (Lipinski definition) is 5. The largest absolute Gasteiger partial charge is 0.396 e. The molecule has 1 aromatic carbocycles. The molecule has 1 aliphatic rings. The minimum absolute atomic E-state index is 0.238. The topological polar surface area (TPSA) is 52.5 Å². The van der Waals surface area contributed by atoms with Gasteiger partial charge in [-0.25, -0.2) is 14.4 Å². The Balaban J connectivity index is 1.72. The molecular weight excluding hydrogens is 295 g/mol. The second kappa shape index (κ2) is 7.19. The molecule has 0 aliphatic carbocycles. The maximum atomic E-state index is 13.6. The molecule has 1 aliphatic heterocycles. The Labute approximate surface area is 135 Å².